The van der Waals surface area contributed by atoms with E-state index in [0.717, 1.165) is 13.1 Å². The molecule has 1 aliphatic rings. The number of hydrogen-bond donors (Lipinski definition) is 1. The molecule has 0 aliphatic carbocycles. The Labute approximate surface area is 133 Å². The second-order valence-electron chi connectivity index (χ2n) is 5.25. The van der Waals surface area contributed by atoms with E-state index in [4.69, 9.17) is 0 Å². The lowest BCUT2D eigenvalue weighted by Gasteiger charge is -2.24. The molecule has 1 unspecified atom stereocenters. The van der Waals surface area contributed by atoms with Gasteiger partial charge >= 0.3 is 0 Å². The summed E-state index contributed by atoms with van der Waals surface area (Å²) in [5, 5.41) is 3.70. The first-order valence-electron chi connectivity index (χ1n) is 8.75. The van der Waals surface area contributed by atoms with Gasteiger partial charge in [0, 0.05) is 24.8 Å². The summed E-state index contributed by atoms with van der Waals surface area (Å²) >= 11 is 0. The van der Waals surface area contributed by atoms with Crippen molar-refractivity contribution in [2.24, 2.45) is 0 Å². The van der Waals surface area contributed by atoms with E-state index < -0.39 is 0 Å². The Morgan fingerprint density at radius 3 is 2.67 bits per heavy atom. The average molecular weight is 293 g/mol. The third-order valence-corrected chi connectivity index (χ3v) is 3.68. The fourth-order valence-electron chi connectivity index (χ4n) is 2.60. The van der Waals surface area contributed by atoms with Crippen LogP contribution < -0.4 is 5.32 Å². The highest BCUT2D eigenvalue weighted by Crippen LogP contribution is 2.16. The molecule has 0 radical (unpaired) electrons. The Balaban J connectivity index is 0.00000191. The van der Waals surface area contributed by atoms with Gasteiger partial charge in [-0.2, -0.15) is 0 Å². The molecule has 0 spiro atoms. The fourth-order valence-corrected chi connectivity index (χ4v) is 2.60. The van der Waals surface area contributed by atoms with Crippen LogP contribution >= 0.6 is 0 Å². The Bertz CT molecular complexity index is 305. The van der Waals surface area contributed by atoms with Gasteiger partial charge in [0.15, 0.2) is 0 Å². The first kappa shape index (κ1) is 20.0. The van der Waals surface area contributed by atoms with Gasteiger partial charge in [-0.05, 0) is 51.3 Å². The minimum Gasteiger partial charge on any atom is -0.371 e. The highest BCUT2D eigenvalue weighted by Gasteiger charge is 2.16. The quantitative estimate of drug-likeness (QED) is 0.530. The van der Waals surface area contributed by atoms with Crippen LogP contribution in [0.3, 0.4) is 0 Å². The number of nitrogens with zero attached hydrogens (tertiary/aromatic N) is 1. The molecular weight excluding hydrogens is 256 g/mol. The first-order chi connectivity index (χ1) is 10.3. The highest BCUT2D eigenvalue weighted by atomic mass is 15.1. The predicted molar refractivity (Wildman–Crippen MR) is 96.6 cm³/mol. The molecule has 1 atom stereocenters. The lowest BCUT2D eigenvalue weighted by atomic mass is 10.1. The van der Waals surface area contributed by atoms with Gasteiger partial charge in [0.05, 0.1) is 0 Å². The molecule has 0 aromatic heterocycles. The highest BCUT2D eigenvalue weighted by molar-refractivity contribution is 5.21. The maximum absolute atomic E-state index is 3.82. The molecule has 122 valence electrons. The zero-order valence-corrected chi connectivity index (χ0v) is 14.7. The number of hydrogen-bond acceptors (Lipinski definition) is 2. The minimum atomic E-state index is 0.701. The van der Waals surface area contributed by atoms with Crippen LogP contribution in [0.25, 0.3) is 0 Å². The summed E-state index contributed by atoms with van der Waals surface area (Å²) in [5.74, 6) is 0. The van der Waals surface area contributed by atoms with Crippen molar-refractivity contribution in [2.75, 3.05) is 19.6 Å². The van der Waals surface area contributed by atoms with Gasteiger partial charge in [-0.1, -0.05) is 45.9 Å². The molecular formula is C19H36N2. The Hall–Kier alpha value is -1.02. The summed E-state index contributed by atoms with van der Waals surface area (Å²) in [6.45, 7) is 15.6. The molecule has 0 saturated carbocycles. The van der Waals surface area contributed by atoms with Crippen LogP contribution in [0, 0.1) is 0 Å². The number of rotatable bonds is 7. The number of unbranched alkanes of at least 4 members (excludes halogenated alkanes) is 1. The summed E-state index contributed by atoms with van der Waals surface area (Å²) < 4.78 is 0. The molecule has 21 heavy (non-hydrogen) atoms. The van der Waals surface area contributed by atoms with Crippen molar-refractivity contribution in [1.82, 2.24) is 10.2 Å². The largest absolute Gasteiger partial charge is 0.371 e. The number of nitrogens with one attached hydrogen (secondary N) is 1. The van der Waals surface area contributed by atoms with E-state index in [-0.39, 0.29) is 0 Å². The molecule has 1 fully saturated rings. The molecule has 1 N–H and O–H groups in total. The second kappa shape index (κ2) is 13.9. The zero-order valence-electron chi connectivity index (χ0n) is 14.7. The summed E-state index contributed by atoms with van der Waals surface area (Å²) in [6, 6.07) is 0.701. The SMILES string of the molecule is C=C/C=C(\C=C/C)N1CCCC(NCCCC)CC1.CC. The molecule has 0 amide bonds. The van der Waals surface area contributed by atoms with E-state index in [1.165, 1.54) is 44.3 Å². The van der Waals surface area contributed by atoms with E-state index in [1.54, 1.807) is 0 Å². The summed E-state index contributed by atoms with van der Waals surface area (Å²) in [4.78, 5) is 2.49. The van der Waals surface area contributed by atoms with E-state index >= 15 is 0 Å². The third-order valence-electron chi connectivity index (χ3n) is 3.68. The van der Waals surface area contributed by atoms with Crippen molar-refractivity contribution in [1.29, 1.82) is 0 Å². The molecule has 1 saturated heterocycles. The van der Waals surface area contributed by atoms with Crippen LogP contribution in [0.5, 0.6) is 0 Å². The second-order valence-corrected chi connectivity index (χ2v) is 5.25. The normalized spacial score (nSPS) is 19.9. The maximum atomic E-state index is 3.82. The molecule has 2 nitrogen and oxygen atoms in total. The minimum absolute atomic E-state index is 0.701. The monoisotopic (exact) mass is 292 g/mol. The van der Waals surface area contributed by atoms with Gasteiger partial charge in [-0.15, -0.1) is 0 Å². The van der Waals surface area contributed by atoms with Crippen LogP contribution in [-0.4, -0.2) is 30.6 Å². The van der Waals surface area contributed by atoms with Crippen molar-refractivity contribution in [2.45, 2.75) is 65.8 Å². The van der Waals surface area contributed by atoms with Crippen LogP contribution in [-0.2, 0) is 0 Å². The van der Waals surface area contributed by atoms with E-state index in [9.17, 15) is 0 Å². The maximum Gasteiger partial charge on any atom is 0.0362 e. The van der Waals surface area contributed by atoms with Gasteiger partial charge in [0.25, 0.3) is 0 Å². The number of allylic oxidation sites excluding steroid dienone is 4. The molecule has 1 heterocycles. The Morgan fingerprint density at radius 1 is 1.29 bits per heavy atom. The summed E-state index contributed by atoms with van der Waals surface area (Å²) in [6.07, 6.45) is 14.7. The molecule has 1 rings (SSSR count). The van der Waals surface area contributed by atoms with Gasteiger partial charge < -0.3 is 10.2 Å². The lowest BCUT2D eigenvalue weighted by molar-refractivity contribution is 0.362. The topological polar surface area (TPSA) is 15.3 Å². The van der Waals surface area contributed by atoms with Crippen LogP contribution in [0.15, 0.2) is 36.6 Å². The van der Waals surface area contributed by atoms with Crippen molar-refractivity contribution in [3.63, 3.8) is 0 Å². The average Bonchev–Trinajstić information content (AvgIpc) is 2.75. The molecule has 0 bridgehead atoms. The predicted octanol–water partition coefficient (Wildman–Crippen LogP) is 4.90. The molecule has 0 aromatic carbocycles. The third kappa shape index (κ3) is 8.77. The van der Waals surface area contributed by atoms with Crippen LogP contribution in [0.1, 0.15) is 59.8 Å². The van der Waals surface area contributed by atoms with Crippen molar-refractivity contribution >= 4 is 0 Å². The van der Waals surface area contributed by atoms with Gasteiger partial charge in [0.1, 0.15) is 0 Å². The summed E-state index contributed by atoms with van der Waals surface area (Å²) in [7, 11) is 0. The van der Waals surface area contributed by atoms with Crippen molar-refractivity contribution in [3.05, 3.63) is 36.6 Å². The Kier molecular flexibility index (Phi) is 13.3. The first-order valence-corrected chi connectivity index (χ1v) is 8.75. The fraction of sp³-hybridized carbons (Fsp3) is 0.684. The van der Waals surface area contributed by atoms with E-state index in [2.05, 4.69) is 48.9 Å². The molecule has 0 aromatic rings. The van der Waals surface area contributed by atoms with Gasteiger partial charge in [0.2, 0.25) is 0 Å². The molecule has 1 aliphatic heterocycles. The zero-order chi connectivity index (χ0) is 15.9. The summed E-state index contributed by atoms with van der Waals surface area (Å²) in [5.41, 5.74) is 1.30. The van der Waals surface area contributed by atoms with Crippen molar-refractivity contribution in [3.8, 4) is 0 Å². The smallest absolute Gasteiger partial charge is 0.0362 e. The van der Waals surface area contributed by atoms with Crippen molar-refractivity contribution < 1.29 is 0 Å². The lowest BCUT2D eigenvalue weighted by Crippen LogP contribution is -2.31. The molecule has 2 heteroatoms. The Morgan fingerprint density at radius 2 is 2.05 bits per heavy atom. The van der Waals surface area contributed by atoms with Gasteiger partial charge in [-0.3, -0.25) is 0 Å². The van der Waals surface area contributed by atoms with E-state index in [0.29, 0.717) is 6.04 Å². The van der Waals surface area contributed by atoms with Crippen LogP contribution in [0.2, 0.25) is 0 Å². The standard InChI is InChI=1S/C17H30N2.C2H6/c1-4-7-13-18-16-11-8-14-19(15-12-16)17(9-5-2)10-6-3;1-2/h5-6,9-10,16,18H,2,4,7-8,11-15H2,1,3H3;1-2H3/b10-6-,17-9+;. The van der Waals surface area contributed by atoms with E-state index in [1.807, 2.05) is 19.9 Å². The van der Waals surface area contributed by atoms with Gasteiger partial charge in [-0.25, -0.2) is 0 Å². The number of likely N-dealkylation sites (tertiary alicyclic amines) is 1. The van der Waals surface area contributed by atoms with Crippen LogP contribution in [0.4, 0.5) is 0 Å².